The summed E-state index contributed by atoms with van der Waals surface area (Å²) >= 11 is 0. The summed E-state index contributed by atoms with van der Waals surface area (Å²) in [5.41, 5.74) is 0.121. The molecule has 0 saturated heterocycles. The molecule has 0 aliphatic carbocycles. The minimum absolute atomic E-state index is 0.121. The summed E-state index contributed by atoms with van der Waals surface area (Å²) in [4.78, 5) is 8.37. The Bertz CT molecular complexity index is 513. The molecule has 1 unspecified atom stereocenters. The van der Waals surface area contributed by atoms with Gasteiger partial charge in [-0.3, -0.25) is 5.10 Å². The lowest BCUT2D eigenvalue weighted by Crippen LogP contribution is -2.42. The average Bonchev–Trinajstić information content (AvgIpc) is 3.03. The van der Waals surface area contributed by atoms with Crippen LogP contribution in [0.15, 0.2) is 10.9 Å². The Balaban J connectivity index is 2.07. The van der Waals surface area contributed by atoms with Crippen molar-refractivity contribution in [1.29, 1.82) is 0 Å². The summed E-state index contributed by atoms with van der Waals surface area (Å²) < 4.78 is 5.31. The van der Waals surface area contributed by atoms with Crippen molar-refractivity contribution >= 4 is 0 Å². The number of hydrogen-bond donors (Lipinski definition) is 2. The van der Waals surface area contributed by atoms with Gasteiger partial charge in [0, 0.05) is 12.5 Å². The molecule has 0 spiro atoms. The predicted molar refractivity (Wildman–Crippen MR) is 74.9 cm³/mol. The van der Waals surface area contributed by atoms with E-state index in [2.05, 4.69) is 58.3 Å². The number of nitrogens with zero attached hydrogens (tertiary/aromatic N) is 4. The van der Waals surface area contributed by atoms with Crippen molar-refractivity contribution < 1.29 is 4.52 Å². The molecule has 0 fully saturated rings. The van der Waals surface area contributed by atoms with Crippen molar-refractivity contribution in [2.45, 2.75) is 46.6 Å². The number of aromatic nitrogens is 5. The molecule has 7 nitrogen and oxygen atoms in total. The van der Waals surface area contributed by atoms with Gasteiger partial charge in [0.1, 0.15) is 6.33 Å². The lowest BCUT2D eigenvalue weighted by atomic mass is 9.84. The average molecular weight is 278 g/mol. The first-order chi connectivity index (χ1) is 9.50. The maximum atomic E-state index is 5.31. The number of H-pyrrole nitrogens is 1. The Morgan fingerprint density at radius 2 is 2.20 bits per heavy atom. The van der Waals surface area contributed by atoms with Gasteiger partial charge in [-0.05, 0) is 18.4 Å². The molecule has 0 aromatic carbocycles. The van der Waals surface area contributed by atoms with Crippen molar-refractivity contribution in [3.05, 3.63) is 12.2 Å². The Labute approximate surface area is 118 Å². The van der Waals surface area contributed by atoms with Gasteiger partial charge >= 0.3 is 0 Å². The Morgan fingerprint density at radius 3 is 2.80 bits per heavy atom. The van der Waals surface area contributed by atoms with Crippen LogP contribution in [0.2, 0.25) is 0 Å². The maximum Gasteiger partial charge on any atom is 0.239 e. The molecule has 20 heavy (non-hydrogen) atoms. The molecule has 2 rings (SSSR count). The summed E-state index contributed by atoms with van der Waals surface area (Å²) in [6.45, 7) is 9.74. The molecule has 0 aliphatic rings. The van der Waals surface area contributed by atoms with Crippen LogP contribution < -0.4 is 5.32 Å². The van der Waals surface area contributed by atoms with E-state index in [1.54, 1.807) is 0 Å². The highest BCUT2D eigenvalue weighted by atomic mass is 16.5. The van der Waals surface area contributed by atoms with E-state index >= 15 is 0 Å². The van der Waals surface area contributed by atoms with Crippen LogP contribution in [0.4, 0.5) is 0 Å². The quantitative estimate of drug-likeness (QED) is 0.837. The molecular weight excluding hydrogens is 256 g/mol. The first kappa shape index (κ1) is 14.6. The largest absolute Gasteiger partial charge is 0.339 e. The summed E-state index contributed by atoms with van der Waals surface area (Å²) in [6, 6.07) is 0.283. The molecule has 2 aromatic rings. The van der Waals surface area contributed by atoms with Crippen LogP contribution in [-0.4, -0.2) is 37.9 Å². The molecule has 0 radical (unpaired) electrons. The van der Waals surface area contributed by atoms with Gasteiger partial charge in [-0.2, -0.15) is 10.1 Å². The summed E-state index contributed by atoms with van der Waals surface area (Å²) in [5, 5.41) is 14.0. The van der Waals surface area contributed by atoms with E-state index in [1.165, 1.54) is 6.33 Å². The van der Waals surface area contributed by atoms with Crippen molar-refractivity contribution in [3.63, 3.8) is 0 Å². The third-order valence-corrected chi connectivity index (χ3v) is 3.16. The van der Waals surface area contributed by atoms with E-state index < -0.39 is 0 Å². The summed E-state index contributed by atoms with van der Waals surface area (Å²) in [5.74, 6) is 1.58. The fourth-order valence-electron chi connectivity index (χ4n) is 1.92. The van der Waals surface area contributed by atoms with Crippen LogP contribution in [0.3, 0.4) is 0 Å². The van der Waals surface area contributed by atoms with Gasteiger partial charge in [-0.25, -0.2) is 4.98 Å². The van der Waals surface area contributed by atoms with Gasteiger partial charge < -0.3 is 9.84 Å². The normalized spacial score (nSPS) is 13.6. The minimum Gasteiger partial charge on any atom is -0.339 e. The fraction of sp³-hybridized carbons (Fsp3) is 0.692. The van der Waals surface area contributed by atoms with Crippen LogP contribution in [0.25, 0.3) is 11.6 Å². The number of hydrogen-bond acceptors (Lipinski definition) is 6. The molecule has 110 valence electrons. The smallest absolute Gasteiger partial charge is 0.239 e. The van der Waals surface area contributed by atoms with Gasteiger partial charge in [0.05, 0.1) is 0 Å². The second-order valence-electron chi connectivity index (χ2n) is 5.92. The molecule has 2 N–H and O–H groups in total. The highest BCUT2D eigenvalue weighted by Gasteiger charge is 2.26. The first-order valence-corrected chi connectivity index (χ1v) is 6.92. The topological polar surface area (TPSA) is 92.5 Å². The standard InChI is InChI=1S/C13H22N6O/c1-5-6-14-9(13(2,3)4)7-10-17-12(19-20-10)11-15-8-16-18-11/h8-9,14H,5-7H2,1-4H3,(H,15,16,18). The van der Waals surface area contributed by atoms with E-state index in [4.69, 9.17) is 4.52 Å². The molecule has 2 heterocycles. The Morgan fingerprint density at radius 1 is 1.40 bits per heavy atom. The molecular formula is C13H22N6O. The second-order valence-corrected chi connectivity index (χ2v) is 5.92. The highest BCUT2D eigenvalue weighted by Crippen LogP contribution is 2.22. The van der Waals surface area contributed by atoms with Crippen LogP contribution in [0.1, 0.15) is 40.0 Å². The van der Waals surface area contributed by atoms with E-state index in [-0.39, 0.29) is 11.5 Å². The third-order valence-electron chi connectivity index (χ3n) is 3.16. The molecule has 0 bridgehead atoms. The van der Waals surface area contributed by atoms with Crippen molar-refractivity contribution in [2.75, 3.05) is 6.54 Å². The number of nitrogens with one attached hydrogen (secondary N) is 2. The monoisotopic (exact) mass is 278 g/mol. The van der Waals surface area contributed by atoms with Gasteiger partial charge in [-0.1, -0.05) is 32.9 Å². The number of rotatable bonds is 6. The van der Waals surface area contributed by atoms with E-state index in [0.717, 1.165) is 13.0 Å². The predicted octanol–water partition coefficient (Wildman–Crippen LogP) is 1.81. The maximum absolute atomic E-state index is 5.31. The lowest BCUT2D eigenvalue weighted by Gasteiger charge is -2.30. The first-order valence-electron chi connectivity index (χ1n) is 6.92. The van der Waals surface area contributed by atoms with E-state index in [1.807, 2.05) is 0 Å². The highest BCUT2D eigenvalue weighted by molar-refractivity contribution is 5.39. The second kappa shape index (κ2) is 6.13. The minimum atomic E-state index is 0.121. The van der Waals surface area contributed by atoms with E-state index in [9.17, 15) is 0 Å². The van der Waals surface area contributed by atoms with Gasteiger partial charge in [0.15, 0.2) is 5.82 Å². The van der Waals surface area contributed by atoms with Crippen molar-refractivity contribution in [1.82, 2.24) is 30.6 Å². The molecule has 0 amide bonds. The summed E-state index contributed by atoms with van der Waals surface area (Å²) in [7, 11) is 0. The molecule has 7 heteroatoms. The van der Waals surface area contributed by atoms with Gasteiger partial charge in [0.25, 0.3) is 0 Å². The van der Waals surface area contributed by atoms with Crippen molar-refractivity contribution in [2.24, 2.45) is 5.41 Å². The molecule has 1 atom stereocenters. The molecule has 0 aliphatic heterocycles. The zero-order valence-electron chi connectivity index (χ0n) is 12.5. The zero-order valence-corrected chi connectivity index (χ0v) is 12.5. The van der Waals surface area contributed by atoms with E-state index in [0.29, 0.717) is 24.0 Å². The zero-order chi connectivity index (χ0) is 14.6. The van der Waals surface area contributed by atoms with Gasteiger partial charge in [0.2, 0.25) is 11.7 Å². The van der Waals surface area contributed by atoms with Crippen LogP contribution in [0, 0.1) is 5.41 Å². The Kier molecular flexibility index (Phi) is 4.49. The Hall–Kier alpha value is -1.76. The molecule has 2 aromatic heterocycles. The SMILES string of the molecule is CCCNC(Cc1nc(-c2ncn[nH]2)no1)C(C)(C)C. The number of aromatic amines is 1. The van der Waals surface area contributed by atoms with Crippen molar-refractivity contribution in [3.8, 4) is 11.6 Å². The van der Waals surface area contributed by atoms with Crippen LogP contribution in [-0.2, 0) is 6.42 Å². The molecule has 0 saturated carbocycles. The van der Waals surface area contributed by atoms with Crippen LogP contribution >= 0.6 is 0 Å². The third kappa shape index (κ3) is 3.63. The fourth-order valence-corrected chi connectivity index (χ4v) is 1.92. The lowest BCUT2D eigenvalue weighted by molar-refractivity contribution is 0.244. The van der Waals surface area contributed by atoms with Crippen LogP contribution in [0.5, 0.6) is 0 Å². The van der Waals surface area contributed by atoms with Gasteiger partial charge in [-0.15, -0.1) is 0 Å². The summed E-state index contributed by atoms with van der Waals surface area (Å²) in [6.07, 6.45) is 3.22.